The molecule has 0 aliphatic carbocycles. The number of nitrogens with zero attached hydrogens (tertiary/aromatic N) is 3. The van der Waals surface area contributed by atoms with Gasteiger partial charge in [-0.2, -0.15) is 0 Å². The maximum absolute atomic E-state index is 6.09. The molecule has 0 aromatic carbocycles. The summed E-state index contributed by atoms with van der Waals surface area (Å²) < 4.78 is 11.8. The molecule has 0 bridgehead atoms. The molecule has 140 valence electrons. The lowest BCUT2D eigenvalue weighted by Gasteiger charge is -2.35. The molecule has 0 amide bonds. The van der Waals surface area contributed by atoms with Crippen LogP contribution in [0.15, 0.2) is 4.99 Å². The third kappa shape index (κ3) is 6.57. The van der Waals surface area contributed by atoms with E-state index >= 15 is 0 Å². The summed E-state index contributed by atoms with van der Waals surface area (Å²) in [6, 6.07) is 0. The van der Waals surface area contributed by atoms with Gasteiger partial charge in [0.2, 0.25) is 0 Å². The van der Waals surface area contributed by atoms with Gasteiger partial charge in [0.15, 0.2) is 5.96 Å². The van der Waals surface area contributed by atoms with Crippen LogP contribution in [-0.4, -0.2) is 88.0 Å². The van der Waals surface area contributed by atoms with Gasteiger partial charge in [-0.05, 0) is 45.7 Å². The minimum atomic E-state index is 0.321. The number of rotatable bonds is 7. The highest BCUT2D eigenvalue weighted by Crippen LogP contribution is 2.17. The van der Waals surface area contributed by atoms with Gasteiger partial charge >= 0.3 is 0 Å². The topological polar surface area (TPSA) is 49.3 Å². The molecule has 2 saturated heterocycles. The number of hydrogen-bond donors (Lipinski definition) is 1. The van der Waals surface area contributed by atoms with Crippen LogP contribution in [-0.2, 0) is 9.47 Å². The van der Waals surface area contributed by atoms with Gasteiger partial charge in [-0.1, -0.05) is 6.92 Å². The van der Waals surface area contributed by atoms with E-state index in [1.165, 1.54) is 12.8 Å². The second-order valence-electron chi connectivity index (χ2n) is 6.88. The summed E-state index contributed by atoms with van der Waals surface area (Å²) in [6.07, 6.45) is 6.47. The van der Waals surface area contributed by atoms with E-state index in [1.807, 2.05) is 7.05 Å². The summed E-state index contributed by atoms with van der Waals surface area (Å²) in [7, 11) is 4.01. The number of ether oxygens (including phenoxy) is 2. The molecule has 2 fully saturated rings. The van der Waals surface area contributed by atoms with Crippen LogP contribution < -0.4 is 5.32 Å². The Bertz CT molecular complexity index is 364. The molecule has 2 heterocycles. The molecule has 1 N–H and O–H groups in total. The Morgan fingerprint density at radius 1 is 1.29 bits per heavy atom. The summed E-state index contributed by atoms with van der Waals surface area (Å²) in [4.78, 5) is 9.08. The Kier molecular flexibility index (Phi) is 8.84. The van der Waals surface area contributed by atoms with Crippen LogP contribution in [0.25, 0.3) is 0 Å². The Hall–Kier alpha value is -0.850. The summed E-state index contributed by atoms with van der Waals surface area (Å²) >= 11 is 0. The normalized spacial score (nSPS) is 23.8. The lowest BCUT2D eigenvalue weighted by atomic mass is 10.1. The fourth-order valence-corrected chi connectivity index (χ4v) is 3.27. The Morgan fingerprint density at radius 2 is 2.08 bits per heavy atom. The molecule has 0 saturated carbocycles. The van der Waals surface area contributed by atoms with Crippen molar-refractivity contribution < 1.29 is 9.47 Å². The standard InChI is InChI=1S/C18H36N4O2/c1-4-21(3)13-10-20-18(19-2)22-11-8-16(9-12-22)24-15-17-7-5-6-14-23-17/h16-17H,4-15H2,1-3H3,(H,19,20). The third-order valence-electron chi connectivity index (χ3n) is 5.06. The summed E-state index contributed by atoms with van der Waals surface area (Å²) in [5, 5.41) is 3.48. The van der Waals surface area contributed by atoms with Crippen molar-refractivity contribution in [2.24, 2.45) is 4.99 Å². The van der Waals surface area contributed by atoms with Gasteiger partial charge in [-0.15, -0.1) is 0 Å². The average Bonchev–Trinajstić information content (AvgIpc) is 2.65. The number of hydrogen-bond acceptors (Lipinski definition) is 4. The lowest BCUT2D eigenvalue weighted by Crippen LogP contribution is -2.48. The molecular weight excluding hydrogens is 304 g/mol. The highest BCUT2D eigenvalue weighted by atomic mass is 16.5. The third-order valence-corrected chi connectivity index (χ3v) is 5.06. The first-order chi connectivity index (χ1) is 11.7. The molecule has 24 heavy (non-hydrogen) atoms. The fourth-order valence-electron chi connectivity index (χ4n) is 3.27. The van der Waals surface area contributed by atoms with Crippen molar-refractivity contribution in [2.75, 3.05) is 60.0 Å². The molecule has 2 aliphatic rings. The largest absolute Gasteiger partial charge is 0.376 e. The van der Waals surface area contributed by atoms with Crippen molar-refractivity contribution in [2.45, 2.75) is 51.2 Å². The van der Waals surface area contributed by atoms with Crippen LogP contribution >= 0.6 is 0 Å². The van der Waals surface area contributed by atoms with Gasteiger partial charge in [-0.25, -0.2) is 0 Å². The first kappa shape index (κ1) is 19.5. The number of nitrogens with one attached hydrogen (secondary N) is 1. The van der Waals surface area contributed by atoms with Gasteiger partial charge in [0.25, 0.3) is 0 Å². The minimum Gasteiger partial charge on any atom is -0.376 e. The van der Waals surface area contributed by atoms with Crippen molar-refractivity contribution >= 4 is 5.96 Å². The van der Waals surface area contributed by atoms with E-state index in [0.717, 1.165) is 71.2 Å². The molecule has 1 unspecified atom stereocenters. The van der Waals surface area contributed by atoms with Crippen LogP contribution in [0, 0.1) is 0 Å². The maximum atomic E-state index is 6.09. The van der Waals surface area contributed by atoms with Crippen LogP contribution in [0.1, 0.15) is 39.0 Å². The van der Waals surface area contributed by atoms with Gasteiger partial charge < -0.3 is 24.6 Å². The van der Waals surface area contributed by atoms with E-state index in [4.69, 9.17) is 9.47 Å². The van der Waals surface area contributed by atoms with E-state index in [-0.39, 0.29) is 0 Å². The van der Waals surface area contributed by atoms with Crippen molar-refractivity contribution in [3.8, 4) is 0 Å². The Morgan fingerprint density at radius 3 is 2.71 bits per heavy atom. The van der Waals surface area contributed by atoms with Gasteiger partial charge in [0, 0.05) is 39.8 Å². The first-order valence-corrected chi connectivity index (χ1v) is 9.60. The highest BCUT2D eigenvalue weighted by molar-refractivity contribution is 5.79. The molecule has 0 aromatic rings. The molecular formula is C18H36N4O2. The monoisotopic (exact) mass is 340 g/mol. The van der Waals surface area contributed by atoms with Crippen LogP contribution in [0.5, 0.6) is 0 Å². The molecule has 0 radical (unpaired) electrons. The zero-order chi connectivity index (χ0) is 17.2. The van der Waals surface area contributed by atoms with Crippen molar-refractivity contribution in [3.05, 3.63) is 0 Å². The summed E-state index contributed by atoms with van der Waals surface area (Å²) in [5.41, 5.74) is 0. The Balaban J connectivity index is 1.63. The SMILES string of the molecule is CCN(C)CCNC(=NC)N1CCC(OCC2CCCCO2)CC1. The molecule has 6 nitrogen and oxygen atoms in total. The number of aliphatic imine (C=N–C) groups is 1. The molecule has 2 rings (SSSR count). The second-order valence-corrected chi connectivity index (χ2v) is 6.88. The molecule has 2 aliphatic heterocycles. The number of piperidine rings is 1. The van der Waals surface area contributed by atoms with E-state index < -0.39 is 0 Å². The van der Waals surface area contributed by atoms with Crippen LogP contribution in [0.3, 0.4) is 0 Å². The predicted octanol–water partition coefficient (Wildman–Crippen LogP) is 1.56. The maximum Gasteiger partial charge on any atom is 0.193 e. The van der Waals surface area contributed by atoms with Crippen molar-refractivity contribution in [1.82, 2.24) is 15.1 Å². The average molecular weight is 341 g/mol. The zero-order valence-electron chi connectivity index (χ0n) is 15.8. The predicted molar refractivity (Wildman–Crippen MR) is 98.7 cm³/mol. The van der Waals surface area contributed by atoms with Crippen molar-refractivity contribution in [1.29, 1.82) is 0 Å². The minimum absolute atomic E-state index is 0.321. The fraction of sp³-hybridized carbons (Fsp3) is 0.944. The number of likely N-dealkylation sites (N-methyl/N-ethyl adjacent to an activating group) is 1. The van der Waals surface area contributed by atoms with E-state index in [1.54, 1.807) is 0 Å². The molecule has 0 spiro atoms. The van der Waals surface area contributed by atoms with E-state index in [2.05, 4.69) is 34.1 Å². The molecule has 6 heteroatoms. The lowest BCUT2D eigenvalue weighted by molar-refractivity contribution is -0.0721. The quantitative estimate of drug-likeness (QED) is 0.563. The smallest absolute Gasteiger partial charge is 0.193 e. The highest BCUT2D eigenvalue weighted by Gasteiger charge is 2.23. The Labute approximate surface area is 147 Å². The molecule has 0 aromatic heterocycles. The zero-order valence-corrected chi connectivity index (χ0v) is 15.8. The number of likely N-dealkylation sites (tertiary alicyclic amines) is 1. The molecule has 1 atom stereocenters. The van der Waals surface area contributed by atoms with Crippen LogP contribution in [0.4, 0.5) is 0 Å². The summed E-state index contributed by atoms with van der Waals surface area (Å²) in [6.45, 7) is 8.93. The van der Waals surface area contributed by atoms with Crippen LogP contribution in [0.2, 0.25) is 0 Å². The number of guanidine groups is 1. The van der Waals surface area contributed by atoms with E-state index in [9.17, 15) is 0 Å². The van der Waals surface area contributed by atoms with Gasteiger partial charge in [-0.3, -0.25) is 4.99 Å². The first-order valence-electron chi connectivity index (χ1n) is 9.60. The van der Waals surface area contributed by atoms with Gasteiger partial charge in [0.1, 0.15) is 0 Å². The summed E-state index contributed by atoms with van der Waals surface area (Å²) in [5.74, 6) is 1.02. The van der Waals surface area contributed by atoms with Crippen molar-refractivity contribution in [3.63, 3.8) is 0 Å². The van der Waals surface area contributed by atoms with E-state index in [0.29, 0.717) is 12.2 Å². The second kappa shape index (κ2) is 10.9. The van der Waals surface area contributed by atoms with Gasteiger partial charge in [0.05, 0.1) is 18.8 Å².